The van der Waals surface area contributed by atoms with Gasteiger partial charge in [0.25, 0.3) is 0 Å². The number of aryl methyl sites for hydroxylation is 1. The number of fused-ring (bicyclic) bond motifs is 1. The van der Waals surface area contributed by atoms with E-state index in [1.54, 1.807) is 11.3 Å². The fourth-order valence-corrected chi connectivity index (χ4v) is 4.07. The molecule has 2 heterocycles. The van der Waals surface area contributed by atoms with E-state index in [1.165, 1.54) is 37.9 Å². The quantitative estimate of drug-likeness (QED) is 0.372. The van der Waals surface area contributed by atoms with E-state index in [0.29, 0.717) is 0 Å². The molecule has 0 radical (unpaired) electrons. The van der Waals surface area contributed by atoms with Gasteiger partial charge in [0.15, 0.2) is 0 Å². The lowest BCUT2D eigenvalue weighted by atomic mass is 9.94. The predicted octanol–water partition coefficient (Wildman–Crippen LogP) is 6.83. The van der Waals surface area contributed by atoms with Crippen molar-refractivity contribution >= 4 is 33.1 Å². The summed E-state index contributed by atoms with van der Waals surface area (Å²) in [6.07, 6.45) is 4.23. The molecule has 0 spiro atoms. The lowest BCUT2D eigenvalue weighted by Crippen LogP contribution is -1.93. The van der Waals surface area contributed by atoms with Crippen molar-refractivity contribution in [1.82, 2.24) is 4.98 Å². The molecule has 25 heavy (non-hydrogen) atoms. The number of hydrogen-bond acceptors (Lipinski definition) is 2. The van der Waals surface area contributed by atoms with Gasteiger partial charge in [-0.25, -0.2) is 0 Å². The number of rotatable bonds is 3. The molecular weight excluding hydrogens is 322 g/mol. The van der Waals surface area contributed by atoms with Crippen LogP contribution in [0.3, 0.4) is 0 Å². The van der Waals surface area contributed by atoms with E-state index in [-0.39, 0.29) is 0 Å². The van der Waals surface area contributed by atoms with Gasteiger partial charge < -0.3 is 0 Å². The largest absolute Gasteiger partial charge is 0.254 e. The van der Waals surface area contributed by atoms with Crippen LogP contribution in [0.1, 0.15) is 23.6 Å². The Balaban J connectivity index is 1.86. The minimum Gasteiger partial charge on any atom is -0.254 e. The molecular formula is C23H19NS. The number of pyridine rings is 1. The van der Waals surface area contributed by atoms with Crippen molar-refractivity contribution < 1.29 is 0 Å². The summed E-state index contributed by atoms with van der Waals surface area (Å²) in [5.41, 5.74) is 7.21. The highest BCUT2D eigenvalue weighted by atomic mass is 32.1. The Kier molecular flexibility index (Phi) is 4.21. The zero-order valence-corrected chi connectivity index (χ0v) is 15.2. The van der Waals surface area contributed by atoms with Gasteiger partial charge in [0.2, 0.25) is 0 Å². The lowest BCUT2D eigenvalue weighted by Gasteiger charge is -2.12. The maximum absolute atomic E-state index is 4.78. The van der Waals surface area contributed by atoms with E-state index in [1.807, 2.05) is 12.3 Å². The van der Waals surface area contributed by atoms with Crippen molar-refractivity contribution in [2.24, 2.45) is 0 Å². The Morgan fingerprint density at radius 1 is 0.960 bits per heavy atom. The maximum Gasteiger partial charge on any atom is 0.0744 e. The lowest BCUT2D eigenvalue weighted by molar-refractivity contribution is 1.31. The first kappa shape index (κ1) is 15.8. The molecule has 2 aromatic carbocycles. The highest BCUT2D eigenvalue weighted by molar-refractivity contribution is 7.17. The van der Waals surface area contributed by atoms with Crippen LogP contribution in [0.2, 0.25) is 0 Å². The number of thiophene rings is 1. The molecule has 0 atom stereocenters. The van der Waals surface area contributed by atoms with E-state index in [2.05, 4.69) is 79.9 Å². The summed E-state index contributed by atoms with van der Waals surface area (Å²) < 4.78 is 1.25. The van der Waals surface area contributed by atoms with Crippen LogP contribution in [-0.4, -0.2) is 4.98 Å². The van der Waals surface area contributed by atoms with Crippen LogP contribution in [0.15, 0.2) is 72.2 Å². The highest BCUT2D eigenvalue weighted by Gasteiger charge is 2.12. The standard InChI is InChI=1S/C23H19NS/c1-16(14-18-8-4-3-5-9-18)19-10-6-7-11-21(19)23-17(2)20-12-13-25-22(20)15-24-23/h3-15H,1-2H3/b16-14+. The monoisotopic (exact) mass is 341 g/mol. The highest BCUT2D eigenvalue weighted by Crippen LogP contribution is 2.34. The molecule has 122 valence electrons. The number of allylic oxidation sites excluding steroid dienone is 1. The molecule has 0 amide bonds. The van der Waals surface area contributed by atoms with Gasteiger partial charge in [0.1, 0.15) is 0 Å². The summed E-state index contributed by atoms with van der Waals surface area (Å²) in [4.78, 5) is 4.78. The van der Waals surface area contributed by atoms with Crippen LogP contribution in [0.25, 0.3) is 33.0 Å². The van der Waals surface area contributed by atoms with Gasteiger partial charge in [-0.05, 0) is 52.9 Å². The first-order valence-electron chi connectivity index (χ1n) is 8.40. The summed E-state index contributed by atoms with van der Waals surface area (Å²) in [6.45, 7) is 4.34. The number of nitrogens with zero attached hydrogens (tertiary/aromatic N) is 1. The Labute approximate surface area is 152 Å². The third kappa shape index (κ3) is 3.01. The minimum absolute atomic E-state index is 1.07. The van der Waals surface area contributed by atoms with Crippen molar-refractivity contribution in [2.45, 2.75) is 13.8 Å². The van der Waals surface area contributed by atoms with Crippen LogP contribution in [0.4, 0.5) is 0 Å². The van der Waals surface area contributed by atoms with E-state index >= 15 is 0 Å². The number of aromatic nitrogens is 1. The third-order valence-electron chi connectivity index (χ3n) is 4.56. The predicted molar refractivity (Wildman–Crippen MR) is 110 cm³/mol. The molecule has 0 aliphatic heterocycles. The van der Waals surface area contributed by atoms with E-state index < -0.39 is 0 Å². The second kappa shape index (κ2) is 6.66. The summed E-state index contributed by atoms with van der Waals surface area (Å²) >= 11 is 1.74. The summed E-state index contributed by atoms with van der Waals surface area (Å²) in [6, 6.07) is 21.2. The van der Waals surface area contributed by atoms with Crippen molar-refractivity contribution in [1.29, 1.82) is 0 Å². The Morgan fingerprint density at radius 2 is 1.72 bits per heavy atom. The normalized spacial score (nSPS) is 11.8. The van der Waals surface area contributed by atoms with Crippen molar-refractivity contribution in [2.75, 3.05) is 0 Å². The minimum atomic E-state index is 1.07. The van der Waals surface area contributed by atoms with Crippen LogP contribution in [0, 0.1) is 6.92 Å². The molecule has 2 aromatic heterocycles. The zero-order valence-electron chi connectivity index (χ0n) is 14.4. The second-order valence-corrected chi connectivity index (χ2v) is 7.16. The van der Waals surface area contributed by atoms with Gasteiger partial charge in [-0.2, -0.15) is 0 Å². The summed E-state index contributed by atoms with van der Waals surface area (Å²) in [7, 11) is 0. The number of hydrogen-bond donors (Lipinski definition) is 0. The average molecular weight is 341 g/mol. The van der Waals surface area contributed by atoms with Crippen molar-refractivity contribution in [3.63, 3.8) is 0 Å². The summed E-state index contributed by atoms with van der Waals surface area (Å²) in [5.74, 6) is 0. The van der Waals surface area contributed by atoms with Crippen LogP contribution >= 0.6 is 11.3 Å². The van der Waals surface area contributed by atoms with Crippen molar-refractivity contribution in [3.8, 4) is 11.3 Å². The Hall–Kier alpha value is -2.71. The van der Waals surface area contributed by atoms with Crippen LogP contribution in [0.5, 0.6) is 0 Å². The van der Waals surface area contributed by atoms with Crippen LogP contribution in [-0.2, 0) is 0 Å². The fraction of sp³-hybridized carbons (Fsp3) is 0.0870. The van der Waals surface area contributed by atoms with E-state index in [9.17, 15) is 0 Å². The van der Waals surface area contributed by atoms with Gasteiger partial charge in [-0.15, -0.1) is 11.3 Å². The van der Waals surface area contributed by atoms with Gasteiger partial charge >= 0.3 is 0 Å². The average Bonchev–Trinajstić information content (AvgIpc) is 3.13. The molecule has 4 aromatic rings. The first-order valence-corrected chi connectivity index (χ1v) is 9.28. The van der Waals surface area contributed by atoms with Gasteiger partial charge in [0, 0.05) is 11.8 Å². The SMILES string of the molecule is C/C(=C\c1ccccc1)c1ccccc1-c1ncc2sccc2c1C. The van der Waals surface area contributed by atoms with Gasteiger partial charge in [-0.1, -0.05) is 60.7 Å². The van der Waals surface area contributed by atoms with Crippen molar-refractivity contribution in [3.05, 3.63) is 88.9 Å². The molecule has 0 aliphatic carbocycles. The molecule has 0 fully saturated rings. The van der Waals surface area contributed by atoms with Gasteiger partial charge in [0.05, 0.1) is 10.4 Å². The molecule has 2 heteroatoms. The summed E-state index contributed by atoms with van der Waals surface area (Å²) in [5, 5.41) is 3.43. The molecule has 0 unspecified atom stereocenters. The van der Waals surface area contributed by atoms with Crippen LogP contribution < -0.4 is 0 Å². The molecule has 0 saturated carbocycles. The molecule has 0 bridgehead atoms. The second-order valence-electron chi connectivity index (χ2n) is 6.21. The third-order valence-corrected chi connectivity index (χ3v) is 5.41. The van der Waals surface area contributed by atoms with E-state index in [0.717, 1.165) is 5.69 Å². The Bertz CT molecular complexity index is 1060. The Morgan fingerprint density at radius 3 is 2.56 bits per heavy atom. The smallest absolute Gasteiger partial charge is 0.0744 e. The van der Waals surface area contributed by atoms with Gasteiger partial charge in [-0.3, -0.25) is 4.98 Å². The number of benzene rings is 2. The molecule has 0 saturated heterocycles. The fourth-order valence-electron chi connectivity index (χ4n) is 3.26. The molecule has 0 N–H and O–H groups in total. The molecule has 1 nitrogen and oxygen atoms in total. The molecule has 4 rings (SSSR count). The topological polar surface area (TPSA) is 12.9 Å². The van der Waals surface area contributed by atoms with E-state index in [4.69, 9.17) is 4.98 Å². The molecule has 0 aliphatic rings. The zero-order chi connectivity index (χ0) is 17.2. The first-order chi connectivity index (χ1) is 12.2. The maximum atomic E-state index is 4.78.